The van der Waals surface area contributed by atoms with Gasteiger partial charge in [0.15, 0.2) is 0 Å². The summed E-state index contributed by atoms with van der Waals surface area (Å²) in [6, 6.07) is 1.52. The van der Waals surface area contributed by atoms with Gasteiger partial charge in [-0.2, -0.15) is 16.8 Å². The van der Waals surface area contributed by atoms with Gasteiger partial charge in [0.1, 0.15) is 9.79 Å². The summed E-state index contributed by atoms with van der Waals surface area (Å²) in [6.45, 7) is 0. The Kier molecular flexibility index (Phi) is 9.22. The fraction of sp³-hybridized carbons (Fsp3) is 0. The zero-order valence-corrected chi connectivity index (χ0v) is 10.4. The van der Waals surface area contributed by atoms with E-state index in [2.05, 4.69) is 0 Å². The number of hydrogen-bond acceptors (Lipinski definition) is 4. The molecular formula is C6H6Cl2Na2O6S2. The Morgan fingerprint density at radius 1 is 0.833 bits per heavy atom. The van der Waals surface area contributed by atoms with Crippen molar-refractivity contribution in [3.8, 4) is 0 Å². The van der Waals surface area contributed by atoms with Gasteiger partial charge in [-0.1, -0.05) is 23.2 Å². The minimum absolute atomic E-state index is 0. The van der Waals surface area contributed by atoms with Crippen molar-refractivity contribution in [1.29, 1.82) is 0 Å². The molecule has 0 fully saturated rings. The van der Waals surface area contributed by atoms with Crippen LogP contribution in [0.25, 0.3) is 0 Å². The van der Waals surface area contributed by atoms with Gasteiger partial charge in [0, 0.05) is 5.02 Å². The van der Waals surface area contributed by atoms with Gasteiger partial charge >= 0.3 is 59.1 Å². The first kappa shape index (κ1) is 21.9. The number of hydrogen-bond donors (Lipinski definition) is 2. The third-order valence-electron chi connectivity index (χ3n) is 1.53. The van der Waals surface area contributed by atoms with Gasteiger partial charge in [-0.15, -0.1) is 0 Å². The van der Waals surface area contributed by atoms with E-state index in [4.69, 9.17) is 32.3 Å². The summed E-state index contributed by atoms with van der Waals surface area (Å²) in [5, 5.41) is -1.14. The van der Waals surface area contributed by atoms with Crippen molar-refractivity contribution >= 4 is 103 Å². The molecule has 12 heteroatoms. The fourth-order valence-corrected chi connectivity index (χ4v) is 3.25. The first-order valence-corrected chi connectivity index (χ1v) is 7.11. The average molecular weight is 355 g/mol. The van der Waals surface area contributed by atoms with Crippen molar-refractivity contribution in [2.75, 3.05) is 0 Å². The van der Waals surface area contributed by atoms with Crippen molar-refractivity contribution in [2.45, 2.75) is 9.79 Å². The second-order valence-corrected chi connectivity index (χ2v) is 6.26. The predicted octanol–water partition coefficient (Wildman–Crippen LogP) is 0.190. The summed E-state index contributed by atoms with van der Waals surface area (Å²) in [4.78, 5) is -1.79. The van der Waals surface area contributed by atoms with Crippen molar-refractivity contribution in [2.24, 2.45) is 0 Å². The van der Waals surface area contributed by atoms with Crippen LogP contribution in [0.5, 0.6) is 0 Å². The topological polar surface area (TPSA) is 109 Å². The quantitative estimate of drug-likeness (QED) is 0.579. The molecule has 0 aliphatic heterocycles. The van der Waals surface area contributed by atoms with Crippen LogP contribution in [0.3, 0.4) is 0 Å². The minimum atomic E-state index is -4.73. The molecule has 0 aliphatic carbocycles. The van der Waals surface area contributed by atoms with E-state index in [0.717, 1.165) is 12.1 Å². The van der Waals surface area contributed by atoms with Crippen LogP contribution in [0.15, 0.2) is 21.9 Å². The van der Waals surface area contributed by atoms with E-state index in [1.54, 1.807) is 0 Å². The van der Waals surface area contributed by atoms with Gasteiger partial charge in [0.2, 0.25) is 0 Å². The molecule has 0 aliphatic rings. The molecule has 0 saturated carbocycles. The molecule has 0 atom stereocenters. The Labute approximate surface area is 158 Å². The molecule has 6 nitrogen and oxygen atoms in total. The summed E-state index contributed by atoms with van der Waals surface area (Å²) in [6.07, 6.45) is 0. The van der Waals surface area contributed by atoms with E-state index >= 15 is 0 Å². The van der Waals surface area contributed by atoms with Gasteiger partial charge in [0.05, 0.1) is 5.02 Å². The molecule has 0 heterocycles. The molecule has 0 aromatic heterocycles. The SMILES string of the molecule is O=S(=O)(O)c1cc(Cl)cc(S(=O)(=O)O)c1Cl.[NaH].[NaH]. The molecule has 18 heavy (non-hydrogen) atoms. The molecule has 2 N–H and O–H groups in total. The molecule has 0 amide bonds. The molecule has 0 spiro atoms. The zero-order chi connectivity index (χ0) is 12.7. The Morgan fingerprint density at radius 2 is 1.11 bits per heavy atom. The van der Waals surface area contributed by atoms with Gasteiger partial charge in [-0.05, 0) is 12.1 Å². The molecule has 1 rings (SSSR count). The summed E-state index contributed by atoms with van der Waals surface area (Å²) < 4.78 is 60.8. The van der Waals surface area contributed by atoms with Crippen LogP contribution in [-0.4, -0.2) is 85.1 Å². The average Bonchev–Trinajstić information content (AvgIpc) is 2.04. The molecular weight excluding hydrogens is 349 g/mol. The van der Waals surface area contributed by atoms with Gasteiger partial charge < -0.3 is 0 Å². The van der Waals surface area contributed by atoms with Crippen LogP contribution in [0.2, 0.25) is 10.0 Å². The molecule has 1 aromatic carbocycles. The van der Waals surface area contributed by atoms with E-state index in [9.17, 15) is 16.8 Å². The first-order chi connectivity index (χ1) is 7.03. The van der Waals surface area contributed by atoms with Crippen LogP contribution in [-0.2, 0) is 20.2 Å². The molecule has 94 valence electrons. The maximum atomic E-state index is 10.8. The molecule has 0 radical (unpaired) electrons. The van der Waals surface area contributed by atoms with E-state index < -0.39 is 35.0 Å². The van der Waals surface area contributed by atoms with Crippen LogP contribution >= 0.6 is 23.2 Å². The third-order valence-corrected chi connectivity index (χ3v) is 4.13. The summed E-state index contributed by atoms with van der Waals surface area (Å²) in [5.41, 5.74) is 0. The second-order valence-electron chi connectivity index (χ2n) is 2.67. The Balaban J connectivity index is 0. The molecule has 0 saturated heterocycles. The monoisotopic (exact) mass is 354 g/mol. The third kappa shape index (κ3) is 5.55. The zero-order valence-electron chi connectivity index (χ0n) is 7.25. The van der Waals surface area contributed by atoms with Crippen LogP contribution < -0.4 is 0 Å². The molecule has 0 unspecified atom stereocenters. The maximum absolute atomic E-state index is 10.8. The van der Waals surface area contributed by atoms with E-state index in [-0.39, 0.29) is 64.1 Å². The van der Waals surface area contributed by atoms with Crippen molar-refractivity contribution < 1.29 is 25.9 Å². The summed E-state index contributed by atoms with van der Waals surface area (Å²) in [7, 11) is -9.46. The van der Waals surface area contributed by atoms with E-state index in [0.29, 0.717) is 0 Å². The summed E-state index contributed by atoms with van der Waals surface area (Å²) >= 11 is 10.8. The van der Waals surface area contributed by atoms with Crippen molar-refractivity contribution in [3.63, 3.8) is 0 Å². The number of benzene rings is 1. The van der Waals surface area contributed by atoms with Crippen molar-refractivity contribution in [1.82, 2.24) is 0 Å². The van der Waals surface area contributed by atoms with Gasteiger partial charge in [-0.3, -0.25) is 9.11 Å². The number of halogens is 2. The standard InChI is InChI=1S/C6H4Cl2O6S2.2Na.2H/c7-3-1-4(15(9,10)11)6(8)5(2-3)16(12,13)14;;;;/h1-2H,(H,9,10,11)(H,12,13,14);;;;. The van der Waals surface area contributed by atoms with E-state index in [1.165, 1.54) is 0 Å². The van der Waals surface area contributed by atoms with Gasteiger partial charge in [0.25, 0.3) is 20.2 Å². The predicted molar refractivity (Wildman–Crippen MR) is 70.4 cm³/mol. The molecule has 0 bridgehead atoms. The van der Waals surface area contributed by atoms with E-state index in [1.807, 2.05) is 0 Å². The Morgan fingerprint density at radius 3 is 1.33 bits per heavy atom. The molecule has 1 aromatic rings. The summed E-state index contributed by atoms with van der Waals surface area (Å²) in [5.74, 6) is 0. The van der Waals surface area contributed by atoms with Gasteiger partial charge in [-0.25, -0.2) is 0 Å². The Bertz CT molecular complexity index is 589. The second kappa shape index (κ2) is 7.58. The first-order valence-electron chi connectivity index (χ1n) is 3.47. The number of rotatable bonds is 2. The van der Waals surface area contributed by atoms with Crippen LogP contribution in [0.4, 0.5) is 0 Å². The normalized spacial score (nSPS) is 11.3. The van der Waals surface area contributed by atoms with Crippen molar-refractivity contribution in [3.05, 3.63) is 22.2 Å². The fourth-order valence-electron chi connectivity index (χ4n) is 0.916. The van der Waals surface area contributed by atoms with Crippen LogP contribution in [0.1, 0.15) is 0 Å². The Hall–Kier alpha value is 1.62. The van der Waals surface area contributed by atoms with Crippen LogP contribution in [0, 0.1) is 0 Å².